The summed E-state index contributed by atoms with van der Waals surface area (Å²) in [6.07, 6.45) is 0. The van der Waals surface area contributed by atoms with Crippen molar-refractivity contribution in [2.24, 2.45) is 0 Å². The lowest BCUT2D eigenvalue weighted by Gasteiger charge is -2.13. The highest BCUT2D eigenvalue weighted by molar-refractivity contribution is 7.98. The number of aromatic nitrogens is 1. The van der Waals surface area contributed by atoms with Gasteiger partial charge in [-0.2, -0.15) is 0 Å². The zero-order chi connectivity index (χ0) is 23.1. The minimum Gasteiger partial charge on any atom is -0.278 e. The monoisotopic (exact) mass is 495 g/mol. The number of nitrogens with zero attached hydrogens (tertiary/aromatic N) is 1. The minimum absolute atomic E-state index is 0.633. The van der Waals surface area contributed by atoms with Crippen LogP contribution in [0.1, 0.15) is 0 Å². The van der Waals surface area contributed by atoms with Crippen molar-refractivity contribution in [1.82, 2.24) is 3.97 Å². The van der Waals surface area contributed by atoms with E-state index in [9.17, 15) is 0 Å². The third-order valence-corrected chi connectivity index (χ3v) is 7.78. The number of hydrogen-bond acceptors (Lipinski definition) is 1. The van der Waals surface area contributed by atoms with Crippen LogP contribution < -0.4 is 0 Å². The topological polar surface area (TPSA) is 4.93 Å². The normalized spacial score (nSPS) is 11.4. The summed E-state index contributed by atoms with van der Waals surface area (Å²) in [7, 11) is 0. The molecule has 4 heteroatoms. The van der Waals surface area contributed by atoms with E-state index < -0.39 is 0 Å². The van der Waals surface area contributed by atoms with E-state index in [4.69, 9.17) is 23.2 Å². The molecule has 0 N–H and O–H groups in total. The van der Waals surface area contributed by atoms with Gasteiger partial charge in [-0.25, -0.2) is 0 Å². The lowest BCUT2D eigenvalue weighted by molar-refractivity contribution is 1.36. The van der Waals surface area contributed by atoms with Crippen molar-refractivity contribution in [2.75, 3.05) is 0 Å². The molecule has 34 heavy (non-hydrogen) atoms. The molecule has 1 nitrogen and oxygen atoms in total. The number of para-hydroxylation sites is 1. The van der Waals surface area contributed by atoms with Gasteiger partial charge in [0.05, 0.1) is 16.1 Å². The van der Waals surface area contributed by atoms with E-state index in [1.165, 1.54) is 38.5 Å². The molecule has 0 bridgehead atoms. The Bertz CT molecular complexity index is 1640. The highest BCUT2D eigenvalue weighted by Gasteiger charge is 2.18. The standard InChI is InChI=1S/C30H19Cl2NS/c31-23-15-16-29(27(32)19-23)34-33-28-14-8-7-13-24(28)26-18-22(20-9-3-1-4-10-20)17-25(30(26)33)21-11-5-2-6-12-21/h1-19H. The van der Waals surface area contributed by atoms with Crippen LogP contribution in [0.2, 0.25) is 10.0 Å². The summed E-state index contributed by atoms with van der Waals surface area (Å²) in [4.78, 5) is 0.958. The maximum Gasteiger partial charge on any atom is 0.0686 e. The van der Waals surface area contributed by atoms with Gasteiger partial charge in [0.15, 0.2) is 0 Å². The number of benzene rings is 5. The molecule has 0 saturated heterocycles. The molecule has 6 rings (SSSR count). The molecule has 164 valence electrons. The molecule has 0 saturated carbocycles. The Morgan fingerprint density at radius 2 is 1.24 bits per heavy atom. The summed E-state index contributed by atoms with van der Waals surface area (Å²) < 4.78 is 2.30. The lowest BCUT2D eigenvalue weighted by Crippen LogP contribution is -1.91. The maximum atomic E-state index is 6.59. The molecule has 1 heterocycles. The average molecular weight is 496 g/mol. The van der Waals surface area contributed by atoms with E-state index >= 15 is 0 Å². The second kappa shape index (κ2) is 8.88. The van der Waals surface area contributed by atoms with E-state index in [0.717, 1.165) is 10.4 Å². The van der Waals surface area contributed by atoms with Gasteiger partial charge < -0.3 is 0 Å². The Labute approximate surface area is 212 Å². The third kappa shape index (κ3) is 3.78. The van der Waals surface area contributed by atoms with E-state index in [1.807, 2.05) is 12.1 Å². The third-order valence-electron chi connectivity index (χ3n) is 6.00. The minimum atomic E-state index is 0.633. The van der Waals surface area contributed by atoms with Gasteiger partial charge in [0.1, 0.15) is 0 Å². The highest BCUT2D eigenvalue weighted by Crippen LogP contribution is 2.43. The first kappa shape index (κ1) is 21.4. The molecule has 0 fully saturated rings. The fourth-order valence-corrected chi connectivity index (χ4v) is 5.96. The largest absolute Gasteiger partial charge is 0.278 e. The van der Waals surface area contributed by atoms with Gasteiger partial charge in [-0.15, -0.1) is 0 Å². The van der Waals surface area contributed by atoms with Crippen LogP contribution in [-0.2, 0) is 0 Å². The van der Waals surface area contributed by atoms with Crippen LogP contribution in [0.25, 0.3) is 44.1 Å². The van der Waals surface area contributed by atoms with Gasteiger partial charge in [-0.1, -0.05) is 102 Å². The van der Waals surface area contributed by atoms with Crippen molar-refractivity contribution >= 4 is 57.0 Å². The van der Waals surface area contributed by atoms with Crippen molar-refractivity contribution in [3.05, 3.63) is 125 Å². The van der Waals surface area contributed by atoms with Crippen molar-refractivity contribution < 1.29 is 0 Å². The van der Waals surface area contributed by atoms with Crippen molar-refractivity contribution in [3.63, 3.8) is 0 Å². The molecule has 0 aliphatic heterocycles. The fraction of sp³-hybridized carbons (Fsp3) is 0. The van der Waals surface area contributed by atoms with Gasteiger partial charge in [0.25, 0.3) is 0 Å². The summed E-state index contributed by atoms with van der Waals surface area (Å²) in [6, 6.07) is 40.0. The summed E-state index contributed by atoms with van der Waals surface area (Å²) in [5.74, 6) is 0. The smallest absolute Gasteiger partial charge is 0.0686 e. The van der Waals surface area contributed by atoms with Crippen LogP contribution in [-0.4, -0.2) is 3.97 Å². The first-order valence-electron chi connectivity index (χ1n) is 11.0. The van der Waals surface area contributed by atoms with E-state index in [0.29, 0.717) is 10.0 Å². The number of hydrogen-bond donors (Lipinski definition) is 0. The summed E-state index contributed by atoms with van der Waals surface area (Å²) in [6.45, 7) is 0. The van der Waals surface area contributed by atoms with Crippen LogP contribution in [0.4, 0.5) is 0 Å². The first-order chi connectivity index (χ1) is 16.7. The molecule has 0 spiro atoms. The van der Waals surface area contributed by atoms with Gasteiger partial charge in [0.2, 0.25) is 0 Å². The maximum absolute atomic E-state index is 6.59. The van der Waals surface area contributed by atoms with Gasteiger partial charge in [-0.05, 0) is 65.0 Å². The Hall–Kier alpha value is -3.17. The van der Waals surface area contributed by atoms with Crippen LogP contribution in [0.3, 0.4) is 0 Å². The zero-order valence-electron chi connectivity index (χ0n) is 18.1. The van der Waals surface area contributed by atoms with Crippen LogP contribution >= 0.6 is 35.1 Å². The molecule has 0 unspecified atom stereocenters. The number of fused-ring (bicyclic) bond motifs is 3. The summed E-state index contributed by atoms with van der Waals surface area (Å²) in [5.41, 5.74) is 7.08. The highest BCUT2D eigenvalue weighted by atomic mass is 35.5. The summed E-state index contributed by atoms with van der Waals surface area (Å²) >= 11 is 14.4. The van der Waals surface area contributed by atoms with Crippen molar-refractivity contribution in [3.8, 4) is 22.3 Å². The Balaban J connectivity index is 1.70. The molecule has 0 atom stereocenters. The average Bonchev–Trinajstić information content (AvgIpc) is 3.20. The Morgan fingerprint density at radius 1 is 0.559 bits per heavy atom. The van der Waals surface area contributed by atoms with E-state index in [-0.39, 0.29) is 0 Å². The fourth-order valence-electron chi connectivity index (χ4n) is 4.43. The predicted molar refractivity (Wildman–Crippen MR) is 148 cm³/mol. The van der Waals surface area contributed by atoms with E-state index in [2.05, 4.69) is 101 Å². The molecule has 0 amide bonds. The molecule has 6 aromatic rings. The van der Waals surface area contributed by atoms with Gasteiger partial charge in [-0.3, -0.25) is 3.97 Å². The molecule has 0 radical (unpaired) electrons. The molecule has 0 aliphatic carbocycles. The zero-order valence-corrected chi connectivity index (χ0v) is 20.4. The summed E-state index contributed by atoms with van der Waals surface area (Å²) in [5, 5.41) is 3.71. The van der Waals surface area contributed by atoms with Crippen molar-refractivity contribution in [2.45, 2.75) is 4.90 Å². The van der Waals surface area contributed by atoms with Gasteiger partial charge in [0, 0.05) is 26.3 Å². The lowest BCUT2D eigenvalue weighted by atomic mass is 9.95. The Morgan fingerprint density at radius 3 is 1.97 bits per heavy atom. The second-order valence-electron chi connectivity index (χ2n) is 8.13. The first-order valence-corrected chi connectivity index (χ1v) is 12.5. The second-order valence-corrected chi connectivity index (χ2v) is 9.96. The molecule has 0 aliphatic rings. The quantitative estimate of drug-likeness (QED) is 0.235. The van der Waals surface area contributed by atoms with Crippen LogP contribution in [0.15, 0.2) is 120 Å². The molecule has 5 aromatic carbocycles. The SMILES string of the molecule is Clc1ccc(Sn2c3ccccc3c3cc(-c4ccccc4)cc(-c4ccccc4)c32)c(Cl)c1. The van der Waals surface area contributed by atoms with Crippen LogP contribution in [0, 0.1) is 0 Å². The molecule has 1 aromatic heterocycles. The predicted octanol–water partition coefficient (Wildman–Crippen LogP) is 9.99. The number of rotatable bonds is 4. The van der Waals surface area contributed by atoms with Gasteiger partial charge >= 0.3 is 0 Å². The number of halogens is 2. The van der Waals surface area contributed by atoms with Crippen LogP contribution in [0.5, 0.6) is 0 Å². The molecular weight excluding hydrogens is 477 g/mol. The molecular formula is C30H19Cl2NS. The van der Waals surface area contributed by atoms with E-state index in [1.54, 1.807) is 18.0 Å². The van der Waals surface area contributed by atoms with Crippen molar-refractivity contribution in [1.29, 1.82) is 0 Å². The Kier molecular flexibility index (Phi) is 5.58.